The highest BCUT2D eigenvalue weighted by Crippen LogP contribution is 2.25. The first kappa shape index (κ1) is 18.4. The van der Waals surface area contributed by atoms with Gasteiger partial charge in [-0.05, 0) is 25.1 Å². The molecule has 0 saturated heterocycles. The van der Waals surface area contributed by atoms with Crippen molar-refractivity contribution in [1.82, 2.24) is 15.0 Å². The number of nitrogens with one attached hydrogen (secondary N) is 1. The first-order valence-corrected chi connectivity index (χ1v) is 9.50. The molecule has 2 heterocycles. The number of para-hydroxylation sites is 2. The van der Waals surface area contributed by atoms with Gasteiger partial charge in [-0.1, -0.05) is 19.1 Å². The minimum Gasteiger partial charge on any atom is -0.487 e. The Hall–Kier alpha value is -2.35. The lowest BCUT2D eigenvalue weighted by Gasteiger charge is -2.17. The predicted molar refractivity (Wildman–Crippen MR) is 95.9 cm³/mol. The number of hydrogen-bond donors (Lipinski definition) is 1. The van der Waals surface area contributed by atoms with E-state index in [2.05, 4.69) is 15.0 Å². The number of fused-ring (bicyclic) bond motifs is 1. The van der Waals surface area contributed by atoms with E-state index in [4.69, 9.17) is 4.74 Å². The molecule has 0 fully saturated rings. The van der Waals surface area contributed by atoms with Crippen LogP contribution >= 0.6 is 0 Å². The maximum absolute atomic E-state index is 13.4. The fraction of sp³-hybridized carbons (Fsp3) is 0.333. The lowest BCUT2D eigenvalue weighted by molar-refractivity contribution is -0.0438. The van der Waals surface area contributed by atoms with Gasteiger partial charge in [0.1, 0.15) is 5.75 Å². The molecule has 26 heavy (non-hydrogen) atoms. The van der Waals surface area contributed by atoms with Gasteiger partial charge in [0.25, 0.3) is 5.92 Å². The average Bonchev–Trinajstić information content (AvgIpc) is 3.07. The molecule has 8 heteroatoms. The topological polar surface area (TPSA) is 67.9 Å². The number of aromatic nitrogens is 3. The minimum atomic E-state index is -2.88. The quantitative estimate of drug-likeness (QED) is 0.674. The number of nitrogens with zero attached hydrogens (tertiary/aromatic N) is 2. The monoisotopic (exact) mass is 379 g/mol. The Bertz CT molecular complexity index is 910. The van der Waals surface area contributed by atoms with Gasteiger partial charge in [0, 0.05) is 18.2 Å². The Morgan fingerprint density at radius 1 is 1.27 bits per heavy atom. The van der Waals surface area contributed by atoms with Gasteiger partial charge in [0.2, 0.25) is 0 Å². The summed E-state index contributed by atoms with van der Waals surface area (Å²) in [5, 5.41) is 0.358. The number of H-pyrrole nitrogens is 1. The zero-order valence-electron chi connectivity index (χ0n) is 14.5. The molecular weight excluding hydrogens is 360 g/mol. The van der Waals surface area contributed by atoms with Gasteiger partial charge >= 0.3 is 0 Å². The van der Waals surface area contributed by atoms with Crippen LogP contribution in [0.2, 0.25) is 0 Å². The number of pyridine rings is 1. The van der Waals surface area contributed by atoms with Crippen LogP contribution in [0, 0.1) is 6.92 Å². The van der Waals surface area contributed by atoms with Crippen molar-refractivity contribution >= 4 is 21.8 Å². The van der Waals surface area contributed by atoms with Gasteiger partial charge in [-0.2, -0.15) is 0 Å². The third kappa shape index (κ3) is 4.07. The van der Waals surface area contributed by atoms with Gasteiger partial charge < -0.3 is 9.72 Å². The van der Waals surface area contributed by atoms with Crippen LogP contribution in [-0.2, 0) is 16.6 Å². The number of hydrogen-bond acceptors (Lipinski definition) is 4. The average molecular weight is 379 g/mol. The number of halogens is 2. The minimum absolute atomic E-state index is 0.118. The highest BCUT2D eigenvalue weighted by atomic mass is 32.2. The molecule has 0 saturated carbocycles. The van der Waals surface area contributed by atoms with Gasteiger partial charge in [0.05, 0.1) is 33.3 Å². The fourth-order valence-electron chi connectivity index (χ4n) is 2.38. The van der Waals surface area contributed by atoms with Gasteiger partial charge in [0.15, 0.2) is 11.8 Å². The molecule has 5 nitrogen and oxygen atoms in total. The van der Waals surface area contributed by atoms with Crippen molar-refractivity contribution in [3.63, 3.8) is 0 Å². The van der Waals surface area contributed by atoms with E-state index in [9.17, 15) is 13.0 Å². The van der Waals surface area contributed by atoms with Gasteiger partial charge in [-0.3, -0.25) is 9.19 Å². The maximum atomic E-state index is 13.4. The van der Waals surface area contributed by atoms with E-state index in [1.807, 2.05) is 24.3 Å². The van der Waals surface area contributed by atoms with Crippen molar-refractivity contribution in [3.05, 3.63) is 47.8 Å². The summed E-state index contributed by atoms with van der Waals surface area (Å²) in [7, 11) is -1.44. The van der Waals surface area contributed by atoms with Crippen molar-refractivity contribution in [1.29, 1.82) is 0 Å². The molecule has 0 aliphatic rings. The number of rotatable bonds is 7. The maximum Gasteiger partial charge on any atom is 0.281 e. The van der Waals surface area contributed by atoms with Crippen LogP contribution in [0.5, 0.6) is 5.75 Å². The molecule has 1 N–H and O–H groups in total. The van der Waals surface area contributed by atoms with Gasteiger partial charge in [-0.15, -0.1) is 0 Å². The molecule has 0 spiro atoms. The van der Waals surface area contributed by atoms with E-state index < -0.39 is 23.3 Å². The summed E-state index contributed by atoms with van der Waals surface area (Å²) >= 11 is 0. The molecule has 0 amide bonds. The van der Waals surface area contributed by atoms with E-state index in [1.165, 1.54) is 19.2 Å². The molecule has 3 aromatic rings. The summed E-state index contributed by atoms with van der Waals surface area (Å²) in [5.74, 6) is -2.44. The SMILES string of the molecule is CCC(F)(F)COc1ccnc(CS(=O)c2nc3ccccc3[nH]2)c1C. The van der Waals surface area contributed by atoms with Crippen LogP contribution in [0.15, 0.2) is 41.7 Å². The van der Waals surface area contributed by atoms with Crippen molar-refractivity contribution < 1.29 is 17.7 Å². The Balaban J connectivity index is 1.77. The van der Waals surface area contributed by atoms with Crippen molar-refractivity contribution in [2.45, 2.75) is 37.1 Å². The van der Waals surface area contributed by atoms with Crippen molar-refractivity contribution in [2.75, 3.05) is 6.61 Å². The van der Waals surface area contributed by atoms with Crippen molar-refractivity contribution in [3.8, 4) is 5.75 Å². The summed E-state index contributed by atoms with van der Waals surface area (Å²) in [4.78, 5) is 11.6. The summed E-state index contributed by atoms with van der Waals surface area (Å²) in [5.41, 5.74) is 2.67. The third-order valence-electron chi connectivity index (χ3n) is 4.07. The number of ether oxygens (including phenoxy) is 1. The Labute approximate surface area is 152 Å². The van der Waals surface area contributed by atoms with Crippen LogP contribution < -0.4 is 4.74 Å². The zero-order chi connectivity index (χ0) is 18.7. The first-order chi connectivity index (χ1) is 12.4. The van der Waals surface area contributed by atoms with Crippen LogP contribution in [0.1, 0.15) is 24.6 Å². The molecule has 1 aromatic carbocycles. The van der Waals surface area contributed by atoms with Crippen LogP contribution in [0.4, 0.5) is 8.78 Å². The van der Waals surface area contributed by atoms with Crippen LogP contribution in [0.25, 0.3) is 11.0 Å². The van der Waals surface area contributed by atoms with E-state index in [0.29, 0.717) is 22.2 Å². The normalized spacial score (nSPS) is 13.1. The zero-order valence-corrected chi connectivity index (χ0v) is 15.3. The van der Waals surface area contributed by atoms with Crippen LogP contribution in [-0.4, -0.2) is 31.7 Å². The number of aromatic amines is 1. The highest BCUT2D eigenvalue weighted by molar-refractivity contribution is 7.84. The molecule has 0 aliphatic heterocycles. The number of imidazole rings is 1. The Morgan fingerprint density at radius 2 is 2.04 bits per heavy atom. The smallest absolute Gasteiger partial charge is 0.281 e. The van der Waals surface area contributed by atoms with E-state index in [-0.39, 0.29) is 12.2 Å². The van der Waals surface area contributed by atoms with Crippen LogP contribution in [0.3, 0.4) is 0 Å². The molecule has 3 rings (SSSR count). The molecule has 0 bridgehead atoms. The second-order valence-corrected chi connectivity index (χ2v) is 7.29. The second-order valence-electron chi connectivity index (χ2n) is 5.93. The Kier molecular flexibility index (Phi) is 5.31. The third-order valence-corrected chi connectivity index (χ3v) is 5.23. The molecule has 0 radical (unpaired) electrons. The molecular formula is C18H19F2N3O2S. The molecule has 0 aliphatic carbocycles. The Morgan fingerprint density at radius 3 is 2.77 bits per heavy atom. The predicted octanol–water partition coefficient (Wildman–Crippen LogP) is 4.00. The summed E-state index contributed by atoms with van der Waals surface area (Å²) < 4.78 is 44.7. The fourth-order valence-corrected chi connectivity index (χ4v) is 3.48. The van der Waals surface area contributed by atoms with E-state index in [0.717, 1.165) is 11.0 Å². The summed E-state index contributed by atoms with van der Waals surface area (Å²) in [6.45, 7) is 2.43. The first-order valence-electron chi connectivity index (χ1n) is 8.18. The molecule has 138 valence electrons. The van der Waals surface area contributed by atoms with E-state index in [1.54, 1.807) is 6.92 Å². The lowest BCUT2D eigenvalue weighted by atomic mass is 10.2. The molecule has 1 atom stereocenters. The van der Waals surface area contributed by atoms with E-state index >= 15 is 0 Å². The summed E-state index contributed by atoms with van der Waals surface area (Å²) in [6, 6.07) is 8.95. The second kappa shape index (κ2) is 7.49. The van der Waals surface area contributed by atoms with Gasteiger partial charge in [-0.25, -0.2) is 13.8 Å². The lowest BCUT2D eigenvalue weighted by Crippen LogP contribution is -2.24. The summed E-state index contributed by atoms with van der Waals surface area (Å²) in [6.07, 6.45) is 1.18. The standard InChI is InChI=1S/C18H19F2N3O2S/c1-3-18(19,20)11-25-16-8-9-21-15(12(16)2)10-26(24)17-22-13-6-4-5-7-14(13)23-17/h4-9H,3,10-11H2,1-2H3,(H,22,23). The number of benzene rings is 1. The van der Waals surface area contributed by atoms with Crippen molar-refractivity contribution in [2.24, 2.45) is 0 Å². The molecule has 2 aromatic heterocycles. The highest BCUT2D eigenvalue weighted by Gasteiger charge is 2.27. The number of alkyl halides is 2. The largest absolute Gasteiger partial charge is 0.487 e. The molecule has 1 unspecified atom stereocenters.